The van der Waals surface area contributed by atoms with Crippen LogP contribution in [-0.4, -0.2) is 70.6 Å². The Labute approximate surface area is 193 Å². The number of aromatic amines is 1. The molecule has 0 atom stereocenters. The van der Waals surface area contributed by atoms with Gasteiger partial charge in [-0.1, -0.05) is 17.8 Å². The summed E-state index contributed by atoms with van der Waals surface area (Å²) in [6.07, 6.45) is 3.76. The Morgan fingerprint density at radius 3 is 2.59 bits per heavy atom. The lowest BCUT2D eigenvalue weighted by molar-refractivity contribution is -0.129. The first-order valence-electron chi connectivity index (χ1n) is 9.72. The number of H-pyrrole nitrogens is 1. The van der Waals surface area contributed by atoms with E-state index in [9.17, 15) is 17.6 Å². The van der Waals surface area contributed by atoms with Gasteiger partial charge in [-0.15, -0.1) is 16.4 Å². The Morgan fingerprint density at radius 1 is 1.16 bits per heavy atom. The number of carbonyl (C=O) groups excluding carboxylic acids is 1. The molecule has 1 N–H and O–H groups in total. The molecule has 168 valence electrons. The van der Waals surface area contributed by atoms with Crippen LogP contribution in [0.25, 0.3) is 12.2 Å². The molecule has 1 aliphatic rings. The second-order valence-electron chi connectivity index (χ2n) is 6.88. The van der Waals surface area contributed by atoms with E-state index >= 15 is 0 Å². The Hall–Kier alpha value is -2.54. The molecule has 1 amide bonds. The Kier molecular flexibility index (Phi) is 7.04. The van der Waals surface area contributed by atoms with Crippen LogP contribution in [0.1, 0.15) is 10.7 Å². The van der Waals surface area contributed by atoms with Crippen LogP contribution in [0.2, 0.25) is 0 Å². The molecule has 1 saturated heterocycles. The molecule has 12 heteroatoms. The summed E-state index contributed by atoms with van der Waals surface area (Å²) in [5.41, 5.74) is 0. The first kappa shape index (κ1) is 22.6. The number of piperazine rings is 1. The van der Waals surface area contributed by atoms with E-state index in [1.165, 1.54) is 28.2 Å². The molecule has 32 heavy (non-hydrogen) atoms. The van der Waals surface area contributed by atoms with E-state index in [1.54, 1.807) is 16.2 Å². The lowest BCUT2D eigenvalue weighted by Crippen LogP contribution is -2.50. The monoisotopic (exact) mass is 493 g/mol. The van der Waals surface area contributed by atoms with Gasteiger partial charge in [-0.3, -0.25) is 9.89 Å². The summed E-state index contributed by atoms with van der Waals surface area (Å²) < 4.78 is 39.8. The molecule has 8 nitrogen and oxygen atoms in total. The van der Waals surface area contributed by atoms with Crippen LogP contribution < -0.4 is 0 Å². The van der Waals surface area contributed by atoms with Gasteiger partial charge in [-0.2, -0.15) is 4.31 Å². The fourth-order valence-corrected chi connectivity index (χ4v) is 5.84. The quantitative estimate of drug-likeness (QED) is 0.508. The van der Waals surface area contributed by atoms with Crippen LogP contribution >= 0.6 is 23.1 Å². The van der Waals surface area contributed by atoms with Gasteiger partial charge in [0.1, 0.15) is 11.6 Å². The number of nitrogens with zero attached hydrogens (tertiary/aromatic N) is 4. The fourth-order valence-electron chi connectivity index (χ4n) is 3.10. The third-order valence-corrected chi connectivity index (χ3v) is 8.38. The van der Waals surface area contributed by atoms with Gasteiger partial charge < -0.3 is 4.90 Å². The molecule has 2 aromatic heterocycles. The van der Waals surface area contributed by atoms with Gasteiger partial charge >= 0.3 is 0 Å². The molecule has 3 heterocycles. The Morgan fingerprint density at radius 2 is 1.91 bits per heavy atom. The fraction of sp³-hybridized carbons (Fsp3) is 0.250. The van der Waals surface area contributed by atoms with Crippen LogP contribution in [0.15, 0.2) is 51.8 Å². The third-order valence-electron chi connectivity index (χ3n) is 4.80. The van der Waals surface area contributed by atoms with Crippen molar-refractivity contribution in [3.8, 4) is 0 Å². The molecular formula is C20H20FN5O3S3. The minimum atomic E-state index is -3.71. The largest absolute Gasteiger partial charge is 0.339 e. The SMILES string of the molecule is O=C(CSc1n[nH]c(/C=C/c2cccs2)n1)N1CCN(S(=O)(=O)c2ccc(F)cc2)CC1. The Balaban J connectivity index is 1.26. The minimum absolute atomic E-state index is 0.0442. The smallest absolute Gasteiger partial charge is 0.243 e. The van der Waals surface area contributed by atoms with Gasteiger partial charge in [0.25, 0.3) is 0 Å². The summed E-state index contributed by atoms with van der Waals surface area (Å²) in [7, 11) is -3.71. The van der Waals surface area contributed by atoms with Crippen molar-refractivity contribution in [3.05, 3.63) is 58.3 Å². The number of halogens is 1. The topological polar surface area (TPSA) is 99.3 Å². The molecule has 0 bridgehead atoms. The zero-order chi connectivity index (χ0) is 22.6. The lowest BCUT2D eigenvalue weighted by Gasteiger charge is -2.34. The second-order valence-corrected chi connectivity index (χ2v) is 10.7. The highest BCUT2D eigenvalue weighted by atomic mass is 32.2. The van der Waals surface area contributed by atoms with E-state index in [4.69, 9.17) is 0 Å². The number of benzene rings is 1. The van der Waals surface area contributed by atoms with Crippen molar-refractivity contribution in [2.45, 2.75) is 10.1 Å². The molecule has 0 saturated carbocycles. The molecule has 4 rings (SSSR count). The number of thioether (sulfide) groups is 1. The average Bonchev–Trinajstić information content (AvgIpc) is 3.48. The maximum atomic E-state index is 13.1. The van der Waals surface area contributed by atoms with Crippen LogP contribution in [0.4, 0.5) is 4.39 Å². The molecule has 0 unspecified atom stereocenters. The average molecular weight is 494 g/mol. The molecule has 0 radical (unpaired) electrons. The third kappa shape index (κ3) is 5.44. The van der Waals surface area contributed by atoms with Crippen molar-refractivity contribution in [2.75, 3.05) is 31.9 Å². The van der Waals surface area contributed by atoms with Crippen molar-refractivity contribution in [3.63, 3.8) is 0 Å². The highest BCUT2D eigenvalue weighted by Crippen LogP contribution is 2.20. The predicted octanol–water partition coefficient (Wildman–Crippen LogP) is 2.80. The molecule has 1 aliphatic heterocycles. The lowest BCUT2D eigenvalue weighted by atomic mass is 10.3. The number of rotatable bonds is 7. The molecule has 0 spiro atoms. The number of carbonyl (C=O) groups is 1. The summed E-state index contributed by atoms with van der Waals surface area (Å²) in [5, 5.41) is 9.40. The van der Waals surface area contributed by atoms with Crippen molar-refractivity contribution in [1.82, 2.24) is 24.4 Å². The van der Waals surface area contributed by atoms with Crippen molar-refractivity contribution in [1.29, 1.82) is 0 Å². The molecule has 1 fully saturated rings. The van der Waals surface area contributed by atoms with Gasteiger partial charge in [-0.05, 0) is 47.9 Å². The molecule has 0 aliphatic carbocycles. The summed E-state index contributed by atoms with van der Waals surface area (Å²) >= 11 is 2.85. The van der Waals surface area contributed by atoms with E-state index in [0.717, 1.165) is 17.0 Å². The van der Waals surface area contributed by atoms with Gasteiger partial charge in [0.05, 0.1) is 10.6 Å². The van der Waals surface area contributed by atoms with Crippen LogP contribution in [0, 0.1) is 5.82 Å². The summed E-state index contributed by atoms with van der Waals surface area (Å²) in [5.74, 6) is 0.174. The zero-order valence-corrected chi connectivity index (χ0v) is 19.3. The summed E-state index contributed by atoms with van der Waals surface area (Å²) in [6.45, 7) is 0.966. The first-order chi connectivity index (χ1) is 15.4. The van der Waals surface area contributed by atoms with E-state index in [2.05, 4.69) is 15.2 Å². The van der Waals surface area contributed by atoms with Crippen molar-refractivity contribution in [2.24, 2.45) is 0 Å². The molecule has 1 aromatic carbocycles. The van der Waals surface area contributed by atoms with E-state index < -0.39 is 15.8 Å². The maximum Gasteiger partial charge on any atom is 0.243 e. The number of hydrogen-bond acceptors (Lipinski definition) is 7. The highest BCUT2D eigenvalue weighted by Gasteiger charge is 2.30. The number of hydrogen-bond donors (Lipinski definition) is 1. The standard InChI is InChI=1S/C20H20FN5O3S3/c21-15-3-6-17(7-4-15)32(28,29)26-11-9-25(10-12-26)19(27)14-31-20-22-18(23-24-20)8-5-16-2-1-13-30-16/h1-8,13H,9-12,14H2,(H,22,23,24)/b8-5+. The number of aromatic nitrogens is 3. The Bertz CT molecular complexity index is 1190. The maximum absolute atomic E-state index is 13.1. The van der Waals surface area contributed by atoms with Crippen molar-refractivity contribution >= 4 is 51.2 Å². The number of sulfonamides is 1. The normalized spacial score (nSPS) is 15.5. The van der Waals surface area contributed by atoms with Crippen molar-refractivity contribution < 1.29 is 17.6 Å². The van der Waals surface area contributed by atoms with Gasteiger partial charge in [0.2, 0.25) is 21.1 Å². The summed E-state index contributed by atoms with van der Waals surface area (Å²) in [4.78, 5) is 19.7. The van der Waals surface area contributed by atoms with Crippen LogP contribution in [0.3, 0.4) is 0 Å². The van der Waals surface area contributed by atoms with E-state index in [0.29, 0.717) is 24.1 Å². The number of amides is 1. The highest BCUT2D eigenvalue weighted by molar-refractivity contribution is 7.99. The van der Waals surface area contributed by atoms with E-state index in [-0.39, 0.29) is 29.6 Å². The minimum Gasteiger partial charge on any atom is -0.339 e. The summed E-state index contributed by atoms with van der Waals surface area (Å²) in [6, 6.07) is 8.71. The number of thiophene rings is 1. The second kappa shape index (κ2) is 9.94. The van der Waals surface area contributed by atoms with Crippen LogP contribution in [0.5, 0.6) is 0 Å². The molecule has 3 aromatic rings. The van der Waals surface area contributed by atoms with Gasteiger partial charge in [-0.25, -0.2) is 17.8 Å². The predicted molar refractivity (Wildman–Crippen MR) is 122 cm³/mol. The van der Waals surface area contributed by atoms with E-state index in [1.807, 2.05) is 29.7 Å². The van der Waals surface area contributed by atoms with Gasteiger partial charge in [0.15, 0.2) is 0 Å². The zero-order valence-electron chi connectivity index (χ0n) is 16.8. The molecular weight excluding hydrogens is 473 g/mol. The van der Waals surface area contributed by atoms with Crippen LogP contribution in [-0.2, 0) is 14.8 Å². The van der Waals surface area contributed by atoms with Gasteiger partial charge in [0, 0.05) is 31.1 Å². The first-order valence-corrected chi connectivity index (χ1v) is 13.0. The number of nitrogens with one attached hydrogen (secondary N) is 1.